The maximum Gasteiger partial charge on any atom is 0.256 e. The molecule has 0 saturated heterocycles. The lowest BCUT2D eigenvalue weighted by Gasteiger charge is -2.51. The summed E-state index contributed by atoms with van der Waals surface area (Å²) in [6, 6.07) is 66.6. The molecule has 6 nitrogen and oxygen atoms in total. The number of hydrogen-bond acceptors (Lipinski definition) is 6. The highest BCUT2D eigenvalue weighted by Gasteiger charge is 2.55. The van der Waals surface area contributed by atoms with Crippen LogP contribution < -0.4 is 52.1 Å². The van der Waals surface area contributed by atoms with Crippen molar-refractivity contribution in [3.05, 3.63) is 193 Å². The zero-order valence-electron chi connectivity index (χ0n) is 42.2. The Morgan fingerprint density at radius 2 is 0.868 bits per heavy atom. The summed E-state index contributed by atoms with van der Waals surface area (Å²) in [5.41, 5.74) is 23.7. The van der Waals surface area contributed by atoms with Gasteiger partial charge in [0.1, 0.15) is 45.5 Å². The van der Waals surface area contributed by atoms with Crippen LogP contribution in [0.1, 0.15) is 50.7 Å². The van der Waals surface area contributed by atoms with Gasteiger partial charge < -0.3 is 28.1 Å². The number of ether oxygens (including phenoxy) is 2. The van der Waals surface area contributed by atoms with Gasteiger partial charge in [-0.2, -0.15) is 0 Å². The Hall–Kier alpha value is -8.87. The second-order valence-electron chi connectivity index (χ2n) is 21.5. The number of unbranched alkanes of at least 4 members (excludes halogenated alkanes) is 2. The summed E-state index contributed by atoms with van der Waals surface area (Å²) in [7, 11) is 0. The summed E-state index contributed by atoms with van der Waals surface area (Å²) in [5.74, 6) is 3.34. The fourth-order valence-electron chi connectivity index (χ4n) is 13.9. The minimum absolute atomic E-state index is 0.208. The van der Waals surface area contributed by atoms with Crippen molar-refractivity contribution in [1.29, 1.82) is 0 Å². The van der Waals surface area contributed by atoms with Gasteiger partial charge in [0.25, 0.3) is 13.4 Å². The minimum Gasteiger partial charge on any atom is -0.458 e. The van der Waals surface area contributed by atoms with Gasteiger partial charge in [0, 0.05) is 50.1 Å². The number of nitrogens with zero attached hydrogens (tertiary/aromatic N) is 2. The van der Waals surface area contributed by atoms with Crippen molar-refractivity contribution in [3.8, 4) is 45.3 Å². The molecule has 0 radical (unpaired) electrons. The Bertz CT molecular complexity index is 4210. The van der Waals surface area contributed by atoms with Gasteiger partial charge >= 0.3 is 0 Å². The van der Waals surface area contributed by atoms with Crippen LogP contribution in [-0.2, 0) is 12.8 Å². The molecule has 5 aliphatic rings. The first-order valence-corrected chi connectivity index (χ1v) is 27.3. The fraction of sp³-hybridized carbons (Fsp3) is 0.118. The van der Waals surface area contributed by atoms with Crippen LogP contribution in [0.25, 0.3) is 66.1 Å². The summed E-state index contributed by atoms with van der Waals surface area (Å²) in [4.78, 5) is 5.09. The van der Waals surface area contributed by atoms with Crippen LogP contribution in [0.4, 0.5) is 34.1 Å². The van der Waals surface area contributed by atoms with Crippen molar-refractivity contribution >= 4 is 124 Å². The molecule has 0 spiro atoms. The molecule has 76 heavy (non-hydrogen) atoms. The lowest BCUT2D eigenvalue weighted by molar-refractivity contribution is 0.467. The molecule has 2 aromatic heterocycles. The summed E-state index contributed by atoms with van der Waals surface area (Å²) in [6.07, 6.45) is 6.51. The van der Waals surface area contributed by atoms with Gasteiger partial charge in [-0.15, -0.1) is 0 Å². The molecule has 5 aliphatic heterocycles. The SMILES string of the molecule is CCCCc1ccc2c(c1)oc1c3c4c(cc12)B1c2cccc(-c5ccccc5)c2Oc2cc5c6c(c21)N4c1c(cc2c(oc4cc(CCCC)ccc42)c1N3c1ccccc1)B6c1cccc(-c2ccccc2)c1O5. The number of aryl methyl sites for hydroxylation is 2. The molecule has 0 atom stereocenters. The molecular weight excluding hydrogens is 930 g/mol. The third-order valence-corrected chi connectivity index (χ3v) is 17.2. The average molecular weight is 979 g/mol. The molecule has 360 valence electrons. The van der Waals surface area contributed by atoms with Gasteiger partial charge in [-0.05, 0) is 105 Å². The first-order valence-electron chi connectivity index (χ1n) is 27.3. The van der Waals surface area contributed by atoms with E-state index in [9.17, 15) is 0 Å². The van der Waals surface area contributed by atoms with Crippen molar-refractivity contribution in [2.45, 2.75) is 52.4 Å². The number of fused-ring (bicyclic) bond motifs is 14. The Labute approximate surface area is 440 Å². The molecule has 0 amide bonds. The van der Waals surface area contributed by atoms with Crippen molar-refractivity contribution in [2.75, 3.05) is 9.80 Å². The zero-order valence-corrected chi connectivity index (χ0v) is 42.2. The van der Waals surface area contributed by atoms with Crippen LogP contribution in [0.15, 0.2) is 191 Å². The summed E-state index contributed by atoms with van der Waals surface area (Å²) in [5, 5.41) is 4.39. The van der Waals surface area contributed by atoms with Gasteiger partial charge in [0.05, 0.1) is 11.4 Å². The smallest absolute Gasteiger partial charge is 0.256 e. The molecule has 0 fully saturated rings. The number of rotatable bonds is 9. The van der Waals surface area contributed by atoms with Gasteiger partial charge in [-0.3, -0.25) is 0 Å². The topological polar surface area (TPSA) is 51.2 Å². The van der Waals surface area contributed by atoms with E-state index in [-0.39, 0.29) is 13.4 Å². The highest BCUT2D eigenvalue weighted by molar-refractivity contribution is 7.04. The second-order valence-corrected chi connectivity index (χ2v) is 21.5. The molecular formula is C68H48B2N2O4. The van der Waals surface area contributed by atoms with E-state index < -0.39 is 0 Å². The Balaban J connectivity index is 1.06. The molecule has 0 aliphatic carbocycles. The van der Waals surface area contributed by atoms with Crippen LogP contribution in [0.3, 0.4) is 0 Å². The van der Waals surface area contributed by atoms with E-state index in [1.165, 1.54) is 22.1 Å². The molecule has 10 aromatic carbocycles. The first kappa shape index (κ1) is 42.5. The third kappa shape index (κ3) is 5.68. The van der Waals surface area contributed by atoms with Crippen LogP contribution in [0.5, 0.6) is 23.0 Å². The molecule has 12 aromatic rings. The zero-order chi connectivity index (χ0) is 49.9. The second kappa shape index (κ2) is 15.8. The standard InChI is InChI=1S/C68H48B2N2O4/c1-3-5-18-39-30-32-46-48-36-52-60-63(67(48)73-54(46)34-39)71(43-24-14-9-15-25-43)64-61-53(37-49-47-33-31-40(19-6-4-2)35-55(47)74-68(49)64)70-51-29-17-27-45(42-22-12-8-13-23-42)66(51)76-57-38-56-58(62(59(57)70)72(60)61)69(52)50-28-16-26-44(65(50)75-56)41-20-10-7-11-21-41/h7-17,20-38H,3-6,18-19H2,1-2H3. The molecule has 17 rings (SSSR count). The fourth-order valence-corrected chi connectivity index (χ4v) is 13.9. The number of para-hydroxylation sites is 3. The Morgan fingerprint density at radius 1 is 0.395 bits per heavy atom. The molecule has 0 bridgehead atoms. The number of furan rings is 2. The van der Waals surface area contributed by atoms with Gasteiger partial charge in [0.2, 0.25) is 0 Å². The van der Waals surface area contributed by atoms with E-state index in [0.717, 1.165) is 184 Å². The van der Waals surface area contributed by atoms with Crippen molar-refractivity contribution < 1.29 is 18.3 Å². The van der Waals surface area contributed by atoms with Crippen LogP contribution in [0.2, 0.25) is 0 Å². The van der Waals surface area contributed by atoms with Crippen LogP contribution in [0, 0.1) is 0 Å². The maximum atomic E-state index is 7.51. The van der Waals surface area contributed by atoms with Gasteiger partial charge in [0.15, 0.2) is 11.2 Å². The lowest BCUT2D eigenvalue weighted by Crippen LogP contribution is -2.67. The largest absolute Gasteiger partial charge is 0.458 e. The number of anilines is 6. The maximum absolute atomic E-state index is 7.51. The van der Waals surface area contributed by atoms with Gasteiger partial charge in [-0.25, -0.2) is 0 Å². The van der Waals surface area contributed by atoms with Crippen molar-refractivity contribution in [3.63, 3.8) is 0 Å². The van der Waals surface area contributed by atoms with Crippen LogP contribution in [-0.4, -0.2) is 13.4 Å². The number of benzene rings is 10. The molecule has 8 heteroatoms. The van der Waals surface area contributed by atoms with Gasteiger partial charge in [-0.1, -0.05) is 178 Å². The molecule has 7 heterocycles. The predicted octanol–water partition coefficient (Wildman–Crippen LogP) is 14.6. The predicted molar refractivity (Wildman–Crippen MR) is 314 cm³/mol. The summed E-state index contributed by atoms with van der Waals surface area (Å²) < 4.78 is 29.9. The van der Waals surface area contributed by atoms with E-state index in [2.05, 4.69) is 206 Å². The molecule has 0 saturated carbocycles. The summed E-state index contributed by atoms with van der Waals surface area (Å²) >= 11 is 0. The lowest BCUT2D eigenvalue weighted by atomic mass is 9.29. The van der Waals surface area contributed by atoms with E-state index in [0.29, 0.717) is 0 Å². The van der Waals surface area contributed by atoms with Crippen molar-refractivity contribution in [1.82, 2.24) is 0 Å². The van der Waals surface area contributed by atoms with E-state index in [1.54, 1.807) is 0 Å². The third-order valence-electron chi connectivity index (χ3n) is 17.2. The number of hydrogen-bond donors (Lipinski definition) is 0. The average Bonchev–Trinajstić information content (AvgIpc) is 3.94. The Morgan fingerprint density at radius 3 is 1.34 bits per heavy atom. The monoisotopic (exact) mass is 978 g/mol. The molecule has 0 N–H and O–H groups in total. The van der Waals surface area contributed by atoms with Crippen LogP contribution >= 0.6 is 0 Å². The molecule has 0 unspecified atom stereocenters. The van der Waals surface area contributed by atoms with E-state index in [1.807, 2.05) is 0 Å². The van der Waals surface area contributed by atoms with E-state index in [4.69, 9.17) is 18.3 Å². The van der Waals surface area contributed by atoms with Crippen molar-refractivity contribution in [2.24, 2.45) is 0 Å². The highest BCUT2D eigenvalue weighted by Crippen LogP contribution is 2.62. The highest BCUT2D eigenvalue weighted by atomic mass is 16.5. The normalized spacial score (nSPS) is 13.8. The summed E-state index contributed by atoms with van der Waals surface area (Å²) in [6.45, 7) is 4.10. The Kier molecular flexibility index (Phi) is 8.85. The van der Waals surface area contributed by atoms with E-state index >= 15 is 0 Å². The quantitative estimate of drug-likeness (QED) is 0.134. The minimum atomic E-state index is -0.208. The first-order chi connectivity index (χ1) is 37.6.